The molecule has 0 saturated carbocycles. The van der Waals surface area contributed by atoms with Crippen LogP contribution in [0.5, 0.6) is 0 Å². The van der Waals surface area contributed by atoms with Crippen LogP contribution in [0.15, 0.2) is 0 Å². The van der Waals surface area contributed by atoms with E-state index >= 15 is 0 Å². The fraction of sp³-hybridized carbons (Fsp3) is 0.714. The third-order valence-corrected chi connectivity index (χ3v) is 2.11. The first-order valence-corrected chi connectivity index (χ1v) is 3.60. The van der Waals surface area contributed by atoms with Gasteiger partial charge in [-0.25, -0.2) is 0 Å². The van der Waals surface area contributed by atoms with Gasteiger partial charge in [0, 0.05) is 13.0 Å². The van der Waals surface area contributed by atoms with Crippen molar-refractivity contribution in [2.24, 2.45) is 11.8 Å². The highest BCUT2D eigenvalue weighted by Gasteiger charge is 2.30. The molecule has 1 aliphatic rings. The fourth-order valence-electron chi connectivity index (χ4n) is 1.18. The summed E-state index contributed by atoms with van der Waals surface area (Å²) in [5.41, 5.74) is 0. The molecule has 1 aliphatic heterocycles. The summed E-state index contributed by atoms with van der Waals surface area (Å²) in [4.78, 5) is 21.1. The van der Waals surface area contributed by atoms with Gasteiger partial charge >= 0.3 is 5.97 Å². The van der Waals surface area contributed by atoms with Crippen molar-refractivity contribution in [2.75, 3.05) is 6.54 Å². The lowest BCUT2D eigenvalue weighted by Gasteiger charge is -2.10. The van der Waals surface area contributed by atoms with Gasteiger partial charge in [-0.3, -0.25) is 9.59 Å². The summed E-state index contributed by atoms with van der Waals surface area (Å²) in [6.45, 7) is 2.14. The van der Waals surface area contributed by atoms with Gasteiger partial charge in [0.2, 0.25) is 5.91 Å². The first kappa shape index (κ1) is 8.04. The number of amides is 1. The Bertz CT molecular complexity index is 190. The predicted molar refractivity (Wildman–Crippen MR) is 37.9 cm³/mol. The van der Waals surface area contributed by atoms with Crippen LogP contribution in [-0.4, -0.2) is 23.5 Å². The summed E-state index contributed by atoms with van der Waals surface area (Å²) in [6, 6.07) is 0. The van der Waals surface area contributed by atoms with E-state index in [1.165, 1.54) is 0 Å². The molecular formula is C7H11NO3. The molecule has 0 aromatic carbocycles. The van der Waals surface area contributed by atoms with E-state index in [2.05, 4.69) is 5.32 Å². The van der Waals surface area contributed by atoms with Gasteiger partial charge in [0.05, 0.1) is 5.92 Å². The number of carbonyl (C=O) groups excluding carboxylic acids is 1. The number of carbonyl (C=O) groups is 2. The summed E-state index contributed by atoms with van der Waals surface area (Å²) >= 11 is 0. The second-order valence-electron chi connectivity index (χ2n) is 2.90. The van der Waals surface area contributed by atoms with E-state index in [0.717, 1.165) is 0 Å². The molecular weight excluding hydrogens is 146 g/mol. The first-order valence-electron chi connectivity index (χ1n) is 3.60. The van der Waals surface area contributed by atoms with E-state index in [0.29, 0.717) is 13.0 Å². The average molecular weight is 157 g/mol. The molecule has 0 aromatic rings. The Labute approximate surface area is 64.6 Å². The van der Waals surface area contributed by atoms with Crippen molar-refractivity contribution < 1.29 is 14.7 Å². The van der Waals surface area contributed by atoms with Crippen molar-refractivity contribution in [3.05, 3.63) is 0 Å². The van der Waals surface area contributed by atoms with Crippen molar-refractivity contribution in [3.63, 3.8) is 0 Å². The maximum atomic E-state index is 10.7. The molecule has 0 bridgehead atoms. The molecule has 2 atom stereocenters. The molecule has 1 amide bonds. The molecule has 0 unspecified atom stereocenters. The number of nitrogens with one attached hydrogen (secondary N) is 1. The highest BCUT2D eigenvalue weighted by molar-refractivity contribution is 5.80. The number of hydrogen-bond donors (Lipinski definition) is 2. The van der Waals surface area contributed by atoms with Gasteiger partial charge in [0.25, 0.3) is 0 Å². The van der Waals surface area contributed by atoms with Gasteiger partial charge in [-0.05, 0) is 5.92 Å². The Balaban J connectivity index is 2.49. The Morgan fingerprint density at radius 2 is 2.45 bits per heavy atom. The number of hydrogen-bond acceptors (Lipinski definition) is 2. The quantitative estimate of drug-likeness (QED) is 0.585. The lowest BCUT2D eigenvalue weighted by atomic mass is 9.93. The Morgan fingerprint density at radius 1 is 1.82 bits per heavy atom. The smallest absolute Gasteiger partial charge is 0.306 e. The molecule has 0 radical (unpaired) electrons. The average Bonchev–Trinajstić information content (AvgIpc) is 2.34. The van der Waals surface area contributed by atoms with Gasteiger partial charge in [-0.2, -0.15) is 0 Å². The number of carboxylic acids is 1. The largest absolute Gasteiger partial charge is 0.481 e. The molecule has 0 aromatic heterocycles. The third kappa shape index (κ3) is 1.69. The van der Waals surface area contributed by atoms with Crippen LogP contribution < -0.4 is 5.32 Å². The zero-order valence-electron chi connectivity index (χ0n) is 6.33. The van der Waals surface area contributed by atoms with Crippen LogP contribution in [0.1, 0.15) is 13.3 Å². The van der Waals surface area contributed by atoms with E-state index in [1.54, 1.807) is 6.92 Å². The van der Waals surface area contributed by atoms with Crippen LogP contribution in [0.3, 0.4) is 0 Å². The van der Waals surface area contributed by atoms with Gasteiger partial charge in [-0.15, -0.1) is 0 Å². The molecule has 1 heterocycles. The van der Waals surface area contributed by atoms with Gasteiger partial charge in [0.15, 0.2) is 0 Å². The molecule has 1 rings (SSSR count). The summed E-state index contributed by atoms with van der Waals surface area (Å²) < 4.78 is 0. The molecule has 4 heteroatoms. The second kappa shape index (κ2) is 2.90. The van der Waals surface area contributed by atoms with Crippen LogP contribution in [0.2, 0.25) is 0 Å². The minimum absolute atomic E-state index is 0.0278. The van der Waals surface area contributed by atoms with Gasteiger partial charge in [-0.1, -0.05) is 6.92 Å². The van der Waals surface area contributed by atoms with E-state index < -0.39 is 11.9 Å². The van der Waals surface area contributed by atoms with Crippen molar-refractivity contribution >= 4 is 11.9 Å². The standard InChI is InChI=1S/C7H11NO3/c1-4(7(10)11)5-2-6(9)8-3-5/h4-5H,2-3H2,1H3,(H,8,9)(H,10,11)/t4-,5-/m1/s1. The van der Waals surface area contributed by atoms with Crippen LogP contribution in [-0.2, 0) is 9.59 Å². The molecule has 4 nitrogen and oxygen atoms in total. The van der Waals surface area contributed by atoms with Crippen LogP contribution in [0.4, 0.5) is 0 Å². The molecule has 0 spiro atoms. The number of carboxylic acid groups (broad SMARTS) is 1. The van der Waals surface area contributed by atoms with Crippen molar-refractivity contribution in [1.82, 2.24) is 5.32 Å². The zero-order chi connectivity index (χ0) is 8.43. The summed E-state index contributed by atoms with van der Waals surface area (Å²) in [5.74, 6) is -1.32. The molecule has 2 N–H and O–H groups in total. The number of aliphatic carboxylic acids is 1. The van der Waals surface area contributed by atoms with Crippen molar-refractivity contribution in [3.8, 4) is 0 Å². The third-order valence-electron chi connectivity index (χ3n) is 2.11. The topological polar surface area (TPSA) is 66.4 Å². The molecule has 1 fully saturated rings. The summed E-state index contributed by atoms with van der Waals surface area (Å²) in [7, 11) is 0. The Hall–Kier alpha value is -1.06. The predicted octanol–water partition coefficient (Wildman–Crippen LogP) is -0.157. The summed E-state index contributed by atoms with van der Waals surface area (Å²) in [6.07, 6.45) is 0.355. The minimum atomic E-state index is -0.827. The van der Waals surface area contributed by atoms with E-state index in [-0.39, 0.29) is 11.8 Å². The highest BCUT2D eigenvalue weighted by atomic mass is 16.4. The molecule has 11 heavy (non-hydrogen) atoms. The zero-order valence-corrected chi connectivity index (χ0v) is 6.33. The molecule has 0 aliphatic carbocycles. The molecule has 1 saturated heterocycles. The maximum Gasteiger partial charge on any atom is 0.306 e. The SMILES string of the molecule is C[C@@H](C(=O)O)[C@H]1CNC(=O)C1. The Kier molecular flexibility index (Phi) is 2.12. The van der Waals surface area contributed by atoms with Crippen LogP contribution >= 0.6 is 0 Å². The van der Waals surface area contributed by atoms with Crippen LogP contribution in [0, 0.1) is 11.8 Å². The van der Waals surface area contributed by atoms with Crippen molar-refractivity contribution in [2.45, 2.75) is 13.3 Å². The minimum Gasteiger partial charge on any atom is -0.481 e. The monoisotopic (exact) mass is 157 g/mol. The van der Waals surface area contributed by atoms with E-state index in [4.69, 9.17) is 5.11 Å². The highest BCUT2D eigenvalue weighted by Crippen LogP contribution is 2.19. The Morgan fingerprint density at radius 3 is 2.82 bits per heavy atom. The second-order valence-corrected chi connectivity index (χ2v) is 2.90. The van der Waals surface area contributed by atoms with E-state index in [1.807, 2.05) is 0 Å². The van der Waals surface area contributed by atoms with E-state index in [9.17, 15) is 9.59 Å². The number of rotatable bonds is 2. The van der Waals surface area contributed by atoms with Gasteiger partial charge in [0.1, 0.15) is 0 Å². The van der Waals surface area contributed by atoms with Crippen LogP contribution in [0.25, 0.3) is 0 Å². The first-order chi connectivity index (χ1) is 5.11. The normalized spacial score (nSPS) is 26.3. The fourth-order valence-corrected chi connectivity index (χ4v) is 1.18. The maximum absolute atomic E-state index is 10.7. The lowest BCUT2D eigenvalue weighted by molar-refractivity contribution is -0.142. The van der Waals surface area contributed by atoms with Gasteiger partial charge < -0.3 is 10.4 Å². The summed E-state index contributed by atoms with van der Waals surface area (Å²) in [5, 5.41) is 11.2. The lowest BCUT2D eigenvalue weighted by Crippen LogP contribution is -2.22. The molecule has 62 valence electrons. The van der Waals surface area contributed by atoms with Crippen molar-refractivity contribution in [1.29, 1.82) is 0 Å².